The number of carbonyl (C=O) groups is 5. The van der Waals surface area contributed by atoms with Gasteiger partial charge in [-0.15, -0.1) is 0 Å². The number of likely N-dealkylation sites (tertiary alicyclic amines) is 1. The Bertz CT molecular complexity index is 1670. The van der Waals surface area contributed by atoms with Gasteiger partial charge in [-0.05, 0) is 54.2 Å². The molecule has 7 atom stereocenters. The molecule has 0 unspecified atom stereocenters. The van der Waals surface area contributed by atoms with Crippen molar-refractivity contribution >= 4 is 29.7 Å². The highest BCUT2D eigenvalue weighted by atomic mass is 16.5. The van der Waals surface area contributed by atoms with Crippen LogP contribution in [-0.4, -0.2) is 72.7 Å². The number of rotatable bonds is 13. The molecule has 0 spiro atoms. The van der Waals surface area contributed by atoms with Crippen LogP contribution in [0.5, 0.6) is 0 Å². The van der Waals surface area contributed by atoms with E-state index in [4.69, 9.17) is 4.74 Å². The van der Waals surface area contributed by atoms with E-state index in [0.717, 1.165) is 16.7 Å². The van der Waals surface area contributed by atoms with Crippen LogP contribution in [0.2, 0.25) is 0 Å². The van der Waals surface area contributed by atoms with E-state index in [9.17, 15) is 24.0 Å². The standard InChI is InChI=1S/C39H45N5O6/c1-43(2)37(47)30-21-28(30)34(26-15-8-4-9-16-26)41-33(45)23-40-36(46)32-19-12-20-44(32)38(48)31-22-29(31)35(27-17-10-5-11-18-27)42-39(49)50-24-25-13-6-3-7-14-25/h3-11,13-18,28-32,34-35H,12,19-24H2,1-2H3,(H,40,46)(H,41,45)(H,42,49)/t28-,29-,30-,31-,32+,34+,35+/m1/s1. The fourth-order valence-electron chi connectivity index (χ4n) is 7.18. The molecule has 0 aromatic heterocycles. The molecular weight excluding hydrogens is 634 g/mol. The Hall–Kier alpha value is -5.19. The van der Waals surface area contributed by atoms with Gasteiger partial charge in [0.15, 0.2) is 0 Å². The summed E-state index contributed by atoms with van der Waals surface area (Å²) in [6.45, 7) is 0.346. The fourth-order valence-corrected chi connectivity index (χ4v) is 7.18. The van der Waals surface area contributed by atoms with E-state index in [2.05, 4.69) is 16.0 Å². The second-order valence-electron chi connectivity index (χ2n) is 13.7. The van der Waals surface area contributed by atoms with E-state index in [0.29, 0.717) is 32.2 Å². The van der Waals surface area contributed by atoms with Crippen molar-refractivity contribution in [3.8, 4) is 0 Å². The first-order valence-corrected chi connectivity index (χ1v) is 17.4. The topological polar surface area (TPSA) is 137 Å². The van der Waals surface area contributed by atoms with Crippen LogP contribution in [-0.2, 0) is 30.5 Å². The molecule has 1 heterocycles. The normalized spacial score (nSPS) is 23.2. The van der Waals surface area contributed by atoms with E-state index in [-0.39, 0.29) is 66.5 Å². The van der Waals surface area contributed by atoms with Crippen LogP contribution >= 0.6 is 0 Å². The minimum absolute atomic E-state index is 0.0266. The van der Waals surface area contributed by atoms with Gasteiger partial charge in [0.2, 0.25) is 23.6 Å². The number of ether oxygens (including phenoxy) is 1. The van der Waals surface area contributed by atoms with Gasteiger partial charge >= 0.3 is 6.09 Å². The third kappa shape index (κ3) is 8.33. The van der Waals surface area contributed by atoms with E-state index in [1.165, 1.54) is 0 Å². The fraction of sp³-hybridized carbons (Fsp3) is 0.410. The molecular formula is C39H45N5O6. The van der Waals surface area contributed by atoms with Gasteiger partial charge in [0.05, 0.1) is 18.6 Å². The van der Waals surface area contributed by atoms with Gasteiger partial charge in [-0.3, -0.25) is 19.2 Å². The zero-order valence-corrected chi connectivity index (χ0v) is 28.5. The molecule has 6 rings (SSSR count). The van der Waals surface area contributed by atoms with Crippen LogP contribution in [0, 0.1) is 23.7 Å². The first-order valence-electron chi connectivity index (χ1n) is 17.4. The number of amides is 5. The summed E-state index contributed by atoms with van der Waals surface area (Å²) in [6, 6.07) is 27.0. The maximum absolute atomic E-state index is 13.8. The molecule has 0 bridgehead atoms. The van der Waals surface area contributed by atoms with E-state index in [1.54, 1.807) is 23.9 Å². The highest BCUT2D eigenvalue weighted by molar-refractivity contribution is 5.92. The molecule has 3 aromatic carbocycles. The minimum atomic E-state index is -0.675. The lowest BCUT2D eigenvalue weighted by molar-refractivity contribution is -0.140. The smallest absolute Gasteiger partial charge is 0.407 e. The average molecular weight is 680 g/mol. The Labute approximate surface area is 292 Å². The van der Waals surface area contributed by atoms with Crippen LogP contribution < -0.4 is 16.0 Å². The van der Waals surface area contributed by atoms with Crippen LogP contribution in [0.3, 0.4) is 0 Å². The monoisotopic (exact) mass is 679 g/mol. The van der Waals surface area contributed by atoms with Crippen LogP contribution in [0.1, 0.15) is 54.5 Å². The van der Waals surface area contributed by atoms with Gasteiger partial charge in [-0.2, -0.15) is 0 Å². The van der Waals surface area contributed by atoms with Crippen molar-refractivity contribution in [2.75, 3.05) is 27.2 Å². The lowest BCUT2D eigenvalue weighted by Crippen LogP contribution is -2.49. The molecule has 1 aliphatic heterocycles. The molecule has 262 valence electrons. The van der Waals surface area contributed by atoms with Crippen molar-refractivity contribution in [1.82, 2.24) is 25.8 Å². The molecule has 2 aliphatic carbocycles. The molecule has 3 aromatic rings. The van der Waals surface area contributed by atoms with E-state index >= 15 is 0 Å². The summed E-state index contributed by atoms with van der Waals surface area (Å²) < 4.78 is 5.49. The zero-order valence-electron chi connectivity index (χ0n) is 28.5. The summed E-state index contributed by atoms with van der Waals surface area (Å²) >= 11 is 0. The SMILES string of the molecule is CN(C)C(=O)[C@@H]1C[C@H]1[C@@H](NC(=O)CNC(=O)[C@@H]1CCCN1C(=O)[C@@H]1C[C@H]1[C@@H](NC(=O)OCc1ccccc1)c1ccccc1)c1ccccc1. The van der Waals surface area contributed by atoms with E-state index in [1.807, 2.05) is 91.0 Å². The predicted octanol–water partition coefficient (Wildman–Crippen LogP) is 3.98. The van der Waals surface area contributed by atoms with Gasteiger partial charge in [0.25, 0.3) is 0 Å². The largest absolute Gasteiger partial charge is 0.445 e. The van der Waals surface area contributed by atoms with Crippen LogP contribution in [0.15, 0.2) is 91.0 Å². The van der Waals surface area contributed by atoms with Gasteiger partial charge in [-0.25, -0.2) is 4.79 Å². The van der Waals surface area contributed by atoms with Crippen molar-refractivity contribution in [2.45, 2.75) is 50.4 Å². The summed E-state index contributed by atoms with van der Waals surface area (Å²) in [5.74, 6) is -1.49. The predicted molar refractivity (Wildman–Crippen MR) is 186 cm³/mol. The number of alkyl carbamates (subject to hydrolysis) is 1. The molecule has 3 fully saturated rings. The lowest BCUT2D eigenvalue weighted by Gasteiger charge is -2.25. The second-order valence-corrected chi connectivity index (χ2v) is 13.7. The Morgan fingerprint density at radius 3 is 1.96 bits per heavy atom. The number of nitrogens with one attached hydrogen (secondary N) is 3. The average Bonchev–Trinajstić information content (AvgIpc) is 4.06. The number of benzene rings is 3. The highest BCUT2D eigenvalue weighted by Gasteiger charge is 2.52. The van der Waals surface area contributed by atoms with Crippen molar-refractivity contribution in [3.05, 3.63) is 108 Å². The Kier molecular flexibility index (Phi) is 10.8. The molecule has 11 heteroatoms. The summed E-state index contributed by atoms with van der Waals surface area (Å²) in [7, 11) is 3.46. The summed E-state index contributed by atoms with van der Waals surface area (Å²) in [4.78, 5) is 69.0. The summed E-state index contributed by atoms with van der Waals surface area (Å²) in [6.07, 6.45) is 1.88. The van der Waals surface area contributed by atoms with Gasteiger partial charge in [-0.1, -0.05) is 91.0 Å². The molecule has 2 saturated carbocycles. The Balaban J connectivity index is 1.04. The van der Waals surface area contributed by atoms with Crippen molar-refractivity contribution < 1.29 is 28.7 Å². The molecule has 50 heavy (non-hydrogen) atoms. The minimum Gasteiger partial charge on any atom is -0.445 e. The van der Waals surface area contributed by atoms with Crippen molar-refractivity contribution in [3.63, 3.8) is 0 Å². The first-order chi connectivity index (χ1) is 24.2. The van der Waals surface area contributed by atoms with E-state index < -0.39 is 18.2 Å². The Morgan fingerprint density at radius 1 is 0.780 bits per heavy atom. The summed E-state index contributed by atoms with van der Waals surface area (Å²) in [5, 5.41) is 8.79. The highest BCUT2D eigenvalue weighted by Crippen LogP contribution is 2.50. The molecule has 0 radical (unpaired) electrons. The Morgan fingerprint density at radius 2 is 1.34 bits per heavy atom. The first kappa shape index (κ1) is 34.7. The maximum atomic E-state index is 13.8. The number of carbonyl (C=O) groups excluding carboxylic acids is 5. The van der Waals surface area contributed by atoms with Crippen molar-refractivity contribution in [1.29, 1.82) is 0 Å². The second kappa shape index (κ2) is 15.6. The molecule has 11 nitrogen and oxygen atoms in total. The van der Waals surface area contributed by atoms with Gasteiger partial charge < -0.3 is 30.5 Å². The third-order valence-corrected chi connectivity index (χ3v) is 9.99. The molecule has 1 saturated heterocycles. The maximum Gasteiger partial charge on any atom is 0.407 e. The van der Waals surface area contributed by atoms with Gasteiger partial charge in [0, 0.05) is 32.5 Å². The lowest BCUT2D eigenvalue weighted by atomic mass is 10.0. The van der Waals surface area contributed by atoms with Crippen molar-refractivity contribution in [2.24, 2.45) is 23.7 Å². The molecule has 5 amide bonds. The molecule has 3 N–H and O–H groups in total. The summed E-state index contributed by atoms with van der Waals surface area (Å²) in [5.41, 5.74) is 2.66. The molecule has 3 aliphatic rings. The third-order valence-electron chi connectivity index (χ3n) is 9.99. The number of hydrogen-bond donors (Lipinski definition) is 3. The van der Waals surface area contributed by atoms with Gasteiger partial charge in [0.1, 0.15) is 12.6 Å². The van der Waals surface area contributed by atoms with Crippen LogP contribution in [0.4, 0.5) is 4.79 Å². The zero-order chi connectivity index (χ0) is 35.2. The number of hydrogen-bond acceptors (Lipinski definition) is 6. The van der Waals surface area contributed by atoms with Crippen LogP contribution in [0.25, 0.3) is 0 Å². The quantitative estimate of drug-likeness (QED) is 0.250. The number of nitrogens with zero attached hydrogens (tertiary/aromatic N) is 2.